The van der Waals surface area contributed by atoms with E-state index >= 15 is 0 Å². The summed E-state index contributed by atoms with van der Waals surface area (Å²) >= 11 is 1.67. The van der Waals surface area contributed by atoms with Crippen molar-refractivity contribution in [1.29, 1.82) is 0 Å². The Morgan fingerprint density at radius 1 is 1.35 bits per heavy atom. The molecule has 4 rings (SSSR count). The summed E-state index contributed by atoms with van der Waals surface area (Å²) in [6, 6.07) is 2.38. The van der Waals surface area contributed by atoms with Gasteiger partial charge in [0, 0.05) is 19.0 Å². The highest BCUT2D eigenvalue weighted by Gasteiger charge is 2.22. The van der Waals surface area contributed by atoms with E-state index in [2.05, 4.69) is 30.0 Å². The minimum absolute atomic E-state index is 0.359. The zero-order chi connectivity index (χ0) is 13.5. The number of aryl methyl sites for hydroxylation is 2. The average Bonchev–Trinajstić information content (AvgIpc) is 3.07. The fourth-order valence-corrected chi connectivity index (χ4v) is 3.46. The van der Waals surface area contributed by atoms with Crippen LogP contribution >= 0.6 is 11.3 Å². The Kier molecular flexibility index (Phi) is 2.66. The van der Waals surface area contributed by atoms with Crippen molar-refractivity contribution >= 4 is 27.4 Å². The van der Waals surface area contributed by atoms with Crippen molar-refractivity contribution in [3.63, 3.8) is 0 Å². The molecular weight excluding hydrogens is 272 g/mol. The third-order valence-electron chi connectivity index (χ3n) is 3.72. The van der Waals surface area contributed by atoms with Gasteiger partial charge in [-0.1, -0.05) is 0 Å². The smallest absolute Gasteiger partial charge is 0.147 e. The summed E-state index contributed by atoms with van der Waals surface area (Å²) in [7, 11) is 0. The van der Waals surface area contributed by atoms with Gasteiger partial charge in [-0.2, -0.15) is 0 Å². The quantitative estimate of drug-likeness (QED) is 0.780. The third-order valence-corrected chi connectivity index (χ3v) is 4.63. The van der Waals surface area contributed by atoms with Crippen molar-refractivity contribution < 1.29 is 0 Å². The molecule has 7 heteroatoms. The number of rotatable bonds is 2. The van der Waals surface area contributed by atoms with E-state index in [1.54, 1.807) is 17.7 Å². The number of thiophene rings is 1. The predicted molar refractivity (Wildman–Crippen MR) is 77.9 cm³/mol. The van der Waals surface area contributed by atoms with Gasteiger partial charge in [-0.05, 0) is 24.8 Å². The highest BCUT2D eigenvalue weighted by molar-refractivity contribution is 7.17. The van der Waals surface area contributed by atoms with Crippen LogP contribution in [-0.4, -0.2) is 30.8 Å². The molecule has 4 heterocycles. The van der Waals surface area contributed by atoms with Gasteiger partial charge in [-0.3, -0.25) is 0 Å². The van der Waals surface area contributed by atoms with Gasteiger partial charge in [0.05, 0.1) is 10.2 Å². The monoisotopic (exact) mass is 286 g/mol. The van der Waals surface area contributed by atoms with Gasteiger partial charge in [0.2, 0.25) is 0 Å². The second-order valence-corrected chi connectivity index (χ2v) is 5.93. The maximum Gasteiger partial charge on any atom is 0.147 e. The van der Waals surface area contributed by atoms with Crippen LogP contribution in [0.5, 0.6) is 0 Å². The predicted octanol–water partition coefficient (Wildman–Crippen LogP) is 2.02. The summed E-state index contributed by atoms with van der Waals surface area (Å²) in [5, 5.41) is 13.9. The number of fused-ring (bicyclic) bond motifs is 2. The zero-order valence-corrected chi connectivity index (χ0v) is 11.9. The number of hydrogen-bond acceptors (Lipinski definition) is 6. The van der Waals surface area contributed by atoms with Crippen LogP contribution in [0.4, 0.5) is 5.82 Å². The van der Waals surface area contributed by atoms with Crippen LogP contribution in [0.25, 0.3) is 10.2 Å². The first-order chi connectivity index (χ1) is 9.81. The standard InChI is InChI=1S/C13H14N6S/c1-8-17-18-11-3-2-9(6-19(8)11)16-13-12-10(4-5-20-12)14-7-15-13/h4-5,7,9H,2-3,6H2,1H3,(H,14,15,16)/t9-/m0/s1. The molecule has 1 aliphatic heterocycles. The Hall–Kier alpha value is -2.02. The third kappa shape index (κ3) is 1.85. The summed E-state index contributed by atoms with van der Waals surface area (Å²) in [5.74, 6) is 3.00. The summed E-state index contributed by atoms with van der Waals surface area (Å²) < 4.78 is 3.31. The van der Waals surface area contributed by atoms with Crippen molar-refractivity contribution in [1.82, 2.24) is 24.7 Å². The minimum Gasteiger partial charge on any atom is -0.364 e. The summed E-state index contributed by atoms with van der Waals surface area (Å²) in [4.78, 5) is 8.66. The zero-order valence-electron chi connectivity index (χ0n) is 11.1. The van der Waals surface area contributed by atoms with E-state index in [4.69, 9.17) is 0 Å². The van der Waals surface area contributed by atoms with E-state index in [1.807, 2.05) is 18.4 Å². The first-order valence-electron chi connectivity index (χ1n) is 6.64. The van der Waals surface area contributed by atoms with Gasteiger partial charge < -0.3 is 9.88 Å². The van der Waals surface area contributed by atoms with Crippen LogP contribution < -0.4 is 5.32 Å². The number of nitrogens with one attached hydrogen (secondary N) is 1. The fraction of sp³-hybridized carbons (Fsp3) is 0.385. The molecule has 0 unspecified atom stereocenters. The molecule has 0 fully saturated rings. The molecule has 6 nitrogen and oxygen atoms in total. The maximum absolute atomic E-state index is 4.39. The van der Waals surface area contributed by atoms with Crippen molar-refractivity contribution in [2.24, 2.45) is 0 Å². The second-order valence-electron chi connectivity index (χ2n) is 5.01. The maximum atomic E-state index is 4.39. The van der Waals surface area contributed by atoms with Crippen LogP contribution in [-0.2, 0) is 13.0 Å². The van der Waals surface area contributed by atoms with E-state index in [0.29, 0.717) is 6.04 Å². The topological polar surface area (TPSA) is 68.5 Å². The molecule has 0 bridgehead atoms. The van der Waals surface area contributed by atoms with Crippen molar-refractivity contribution in [3.05, 3.63) is 29.4 Å². The highest BCUT2D eigenvalue weighted by Crippen LogP contribution is 2.27. The van der Waals surface area contributed by atoms with E-state index in [9.17, 15) is 0 Å². The SMILES string of the molecule is Cc1nnc2n1C[C@@H](Nc1ncnc3ccsc13)CC2. The van der Waals surface area contributed by atoms with Crippen LogP contribution in [0, 0.1) is 6.92 Å². The number of nitrogens with zero attached hydrogens (tertiary/aromatic N) is 5. The lowest BCUT2D eigenvalue weighted by atomic mass is 10.1. The molecule has 1 aliphatic rings. The number of aromatic nitrogens is 5. The highest BCUT2D eigenvalue weighted by atomic mass is 32.1. The number of anilines is 1. The summed E-state index contributed by atoms with van der Waals surface area (Å²) in [6.07, 6.45) is 3.63. The fourth-order valence-electron chi connectivity index (χ4n) is 2.67. The lowest BCUT2D eigenvalue weighted by Gasteiger charge is -2.25. The van der Waals surface area contributed by atoms with Crippen molar-refractivity contribution in [3.8, 4) is 0 Å². The Bertz CT molecular complexity index is 761. The molecule has 0 saturated heterocycles. The molecule has 0 amide bonds. The molecule has 0 aliphatic carbocycles. The minimum atomic E-state index is 0.359. The first-order valence-corrected chi connectivity index (χ1v) is 7.52. The Morgan fingerprint density at radius 2 is 2.30 bits per heavy atom. The Balaban J connectivity index is 1.61. The Morgan fingerprint density at radius 3 is 3.25 bits per heavy atom. The van der Waals surface area contributed by atoms with Crippen LogP contribution in [0.1, 0.15) is 18.1 Å². The van der Waals surface area contributed by atoms with Gasteiger partial charge in [-0.25, -0.2) is 9.97 Å². The largest absolute Gasteiger partial charge is 0.364 e. The lowest BCUT2D eigenvalue weighted by Crippen LogP contribution is -2.32. The first kappa shape index (κ1) is 11.8. The van der Waals surface area contributed by atoms with Gasteiger partial charge in [0.15, 0.2) is 0 Å². The van der Waals surface area contributed by atoms with Crippen molar-refractivity contribution in [2.75, 3.05) is 5.32 Å². The molecule has 1 N–H and O–H groups in total. The average molecular weight is 286 g/mol. The van der Waals surface area contributed by atoms with E-state index < -0.39 is 0 Å². The van der Waals surface area contributed by atoms with Crippen LogP contribution in [0.15, 0.2) is 17.8 Å². The molecule has 0 radical (unpaired) electrons. The van der Waals surface area contributed by atoms with Gasteiger partial charge in [0.25, 0.3) is 0 Å². The van der Waals surface area contributed by atoms with E-state index in [1.165, 1.54) is 0 Å². The Labute approximate surface area is 119 Å². The molecule has 20 heavy (non-hydrogen) atoms. The normalized spacial score (nSPS) is 18.1. The van der Waals surface area contributed by atoms with Crippen LogP contribution in [0.2, 0.25) is 0 Å². The van der Waals surface area contributed by atoms with Gasteiger partial charge >= 0.3 is 0 Å². The summed E-state index contributed by atoms with van der Waals surface area (Å²) in [5.41, 5.74) is 1.00. The molecule has 0 saturated carbocycles. The molecular formula is C13H14N6S. The molecule has 102 valence electrons. The molecule has 1 atom stereocenters. The van der Waals surface area contributed by atoms with Crippen LogP contribution in [0.3, 0.4) is 0 Å². The van der Waals surface area contributed by atoms with E-state index in [-0.39, 0.29) is 0 Å². The second kappa shape index (κ2) is 4.52. The number of hydrogen-bond donors (Lipinski definition) is 1. The van der Waals surface area contributed by atoms with Crippen molar-refractivity contribution in [2.45, 2.75) is 32.4 Å². The lowest BCUT2D eigenvalue weighted by molar-refractivity contribution is 0.469. The van der Waals surface area contributed by atoms with E-state index in [0.717, 1.165) is 47.1 Å². The van der Waals surface area contributed by atoms with Gasteiger partial charge in [0.1, 0.15) is 23.8 Å². The summed E-state index contributed by atoms with van der Waals surface area (Å²) in [6.45, 7) is 2.89. The molecule has 0 aromatic carbocycles. The molecule has 3 aromatic rings. The molecule has 0 spiro atoms. The molecule has 3 aromatic heterocycles. The van der Waals surface area contributed by atoms with Gasteiger partial charge in [-0.15, -0.1) is 21.5 Å².